The molecule has 0 spiro atoms. The van der Waals surface area contributed by atoms with Crippen LogP contribution in [0, 0.1) is 0 Å². The van der Waals surface area contributed by atoms with Crippen LogP contribution in [0.2, 0.25) is 0 Å². The first kappa shape index (κ1) is 10.5. The summed E-state index contributed by atoms with van der Waals surface area (Å²) in [7, 11) is 0. The fourth-order valence-corrected chi connectivity index (χ4v) is 1.70. The summed E-state index contributed by atoms with van der Waals surface area (Å²) in [6, 6.07) is 16.5. The Morgan fingerprint density at radius 1 is 0.944 bits per heavy atom. The number of rotatable bonds is 2. The first-order chi connectivity index (χ1) is 8.84. The third kappa shape index (κ3) is 1.82. The SMILES string of the molecule is O=c1c2ccccc2nnn1Nc1ccccc1. The Balaban J connectivity index is 2.08. The second-order valence-electron chi connectivity index (χ2n) is 3.80. The van der Waals surface area contributed by atoms with Gasteiger partial charge in [0.1, 0.15) is 5.52 Å². The first-order valence-corrected chi connectivity index (χ1v) is 5.51. The van der Waals surface area contributed by atoms with Crippen molar-refractivity contribution >= 4 is 16.6 Å². The van der Waals surface area contributed by atoms with E-state index in [0.29, 0.717) is 10.9 Å². The molecule has 1 aromatic heterocycles. The zero-order valence-electron chi connectivity index (χ0n) is 9.45. The van der Waals surface area contributed by atoms with Crippen molar-refractivity contribution in [2.45, 2.75) is 0 Å². The molecule has 2 aromatic carbocycles. The molecule has 0 radical (unpaired) electrons. The third-order valence-electron chi connectivity index (χ3n) is 2.58. The van der Waals surface area contributed by atoms with E-state index in [1.54, 1.807) is 18.2 Å². The van der Waals surface area contributed by atoms with Gasteiger partial charge in [0.2, 0.25) is 0 Å². The molecule has 1 N–H and O–H groups in total. The Kier molecular flexibility index (Phi) is 2.49. The summed E-state index contributed by atoms with van der Waals surface area (Å²) in [6.07, 6.45) is 0. The van der Waals surface area contributed by atoms with Crippen LogP contribution in [0.1, 0.15) is 0 Å². The summed E-state index contributed by atoms with van der Waals surface area (Å²) < 4.78 is 0. The van der Waals surface area contributed by atoms with Crippen molar-refractivity contribution in [2.24, 2.45) is 0 Å². The minimum absolute atomic E-state index is 0.218. The van der Waals surface area contributed by atoms with Gasteiger partial charge in [0.05, 0.1) is 11.1 Å². The number of hydrogen-bond donors (Lipinski definition) is 1. The molecule has 18 heavy (non-hydrogen) atoms. The van der Waals surface area contributed by atoms with E-state index in [1.807, 2.05) is 36.4 Å². The Hall–Kier alpha value is -2.69. The van der Waals surface area contributed by atoms with Gasteiger partial charge in [0, 0.05) is 0 Å². The van der Waals surface area contributed by atoms with Gasteiger partial charge in [-0.3, -0.25) is 10.2 Å². The molecule has 0 saturated heterocycles. The van der Waals surface area contributed by atoms with Crippen LogP contribution in [0.4, 0.5) is 5.69 Å². The van der Waals surface area contributed by atoms with Crippen LogP contribution in [0.15, 0.2) is 59.4 Å². The van der Waals surface area contributed by atoms with E-state index in [4.69, 9.17) is 0 Å². The third-order valence-corrected chi connectivity index (χ3v) is 2.58. The minimum Gasteiger partial charge on any atom is -0.273 e. The highest BCUT2D eigenvalue weighted by Crippen LogP contribution is 2.06. The number of aromatic nitrogens is 3. The van der Waals surface area contributed by atoms with Crippen LogP contribution in [0.3, 0.4) is 0 Å². The van der Waals surface area contributed by atoms with E-state index < -0.39 is 0 Å². The fraction of sp³-hybridized carbons (Fsp3) is 0. The number of nitrogens with one attached hydrogen (secondary N) is 1. The molecule has 0 atom stereocenters. The standard InChI is InChI=1S/C13H10N4O/c18-13-11-8-4-5-9-12(11)14-16-17(13)15-10-6-2-1-3-7-10/h1-9,15H. The summed E-state index contributed by atoms with van der Waals surface area (Å²) in [6.45, 7) is 0. The van der Waals surface area contributed by atoms with E-state index >= 15 is 0 Å². The van der Waals surface area contributed by atoms with Crippen LogP contribution >= 0.6 is 0 Å². The van der Waals surface area contributed by atoms with Gasteiger partial charge in [0.15, 0.2) is 0 Å². The van der Waals surface area contributed by atoms with Crippen LogP contribution in [0.25, 0.3) is 10.9 Å². The van der Waals surface area contributed by atoms with Gasteiger partial charge in [-0.05, 0) is 29.5 Å². The molecule has 0 aliphatic rings. The summed E-state index contributed by atoms with van der Waals surface area (Å²) >= 11 is 0. The second-order valence-corrected chi connectivity index (χ2v) is 3.80. The first-order valence-electron chi connectivity index (χ1n) is 5.51. The van der Waals surface area contributed by atoms with Gasteiger partial charge >= 0.3 is 0 Å². The van der Waals surface area contributed by atoms with Crippen molar-refractivity contribution in [3.63, 3.8) is 0 Å². The van der Waals surface area contributed by atoms with E-state index in [1.165, 1.54) is 0 Å². The molecule has 0 aliphatic carbocycles. The minimum atomic E-state index is -0.218. The molecule has 0 unspecified atom stereocenters. The molecule has 3 aromatic rings. The van der Waals surface area contributed by atoms with Crippen molar-refractivity contribution in [3.8, 4) is 0 Å². The van der Waals surface area contributed by atoms with E-state index in [9.17, 15) is 4.79 Å². The van der Waals surface area contributed by atoms with Crippen molar-refractivity contribution in [3.05, 3.63) is 65.0 Å². The Morgan fingerprint density at radius 2 is 1.67 bits per heavy atom. The molecule has 0 saturated carbocycles. The second kappa shape index (κ2) is 4.29. The maximum absolute atomic E-state index is 12.1. The van der Waals surface area contributed by atoms with Crippen molar-refractivity contribution in [2.75, 3.05) is 5.43 Å². The summed E-state index contributed by atoms with van der Waals surface area (Å²) in [4.78, 5) is 13.3. The van der Waals surface area contributed by atoms with Crippen molar-refractivity contribution < 1.29 is 0 Å². The average molecular weight is 238 g/mol. The van der Waals surface area contributed by atoms with Crippen LogP contribution in [-0.2, 0) is 0 Å². The topological polar surface area (TPSA) is 59.8 Å². The highest BCUT2D eigenvalue weighted by molar-refractivity contribution is 5.76. The molecule has 88 valence electrons. The number of anilines is 1. The fourth-order valence-electron chi connectivity index (χ4n) is 1.70. The summed E-state index contributed by atoms with van der Waals surface area (Å²) in [5.74, 6) is 0. The highest BCUT2D eigenvalue weighted by atomic mass is 16.1. The zero-order chi connectivity index (χ0) is 12.4. The Morgan fingerprint density at radius 3 is 2.50 bits per heavy atom. The molecule has 1 heterocycles. The lowest BCUT2D eigenvalue weighted by Crippen LogP contribution is -2.29. The molecule has 5 heteroatoms. The Labute approximate surface area is 103 Å². The van der Waals surface area contributed by atoms with Gasteiger partial charge in [0.25, 0.3) is 5.56 Å². The zero-order valence-corrected chi connectivity index (χ0v) is 9.45. The van der Waals surface area contributed by atoms with Gasteiger partial charge in [-0.25, -0.2) is 0 Å². The van der Waals surface area contributed by atoms with Crippen LogP contribution < -0.4 is 11.0 Å². The van der Waals surface area contributed by atoms with Crippen LogP contribution in [0.5, 0.6) is 0 Å². The van der Waals surface area contributed by atoms with Gasteiger partial charge in [-0.2, -0.15) is 0 Å². The smallest absolute Gasteiger partial charge is 0.273 e. The van der Waals surface area contributed by atoms with E-state index in [-0.39, 0.29) is 5.56 Å². The normalized spacial score (nSPS) is 10.4. The predicted octanol–water partition coefficient (Wildman–Crippen LogP) is 1.67. The average Bonchev–Trinajstić information content (AvgIpc) is 2.43. The molecular weight excluding hydrogens is 228 g/mol. The molecule has 0 aliphatic heterocycles. The van der Waals surface area contributed by atoms with Crippen LogP contribution in [-0.4, -0.2) is 15.1 Å². The number of hydrogen-bond acceptors (Lipinski definition) is 4. The monoisotopic (exact) mass is 238 g/mol. The molecule has 0 amide bonds. The van der Waals surface area contributed by atoms with Gasteiger partial charge in [-0.15, -0.1) is 9.89 Å². The van der Waals surface area contributed by atoms with Crippen molar-refractivity contribution in [1.29, 1.82) is 0 Å². The lowest BCUT2D eigenvalue weighted by molar-refractivity contribution is 0.684. The van der Waals surface area contributed by atoms with E-state index in [2.05, 4.69) is 15.7 Å². The number of nitrogens with zero attached hydrogens (tertiary/aromatic N) is 3. The lowest BCUT2D eigenvalue weighted by Gasteiger charge is -2.07. The summed E-state index contributed by atoms with van der Waals surface area (Å²) in [5.41, 5.74) is 4.05. The molecule has 3 rings (SSSR count). The highest BCUT2D eigenvalue weighted by Gasteiger charge is 2.04. The van der Waals surface area contributed by atoms with Gasteiger partial charge in [-0.1, -0.05) is 30.3 Å². The van der Waals surface area contributed by atoms with Crippen molar-refractivity contribution in [1.82, 2.24) is 15.1 Å². The maximum atomic E-state index is 12.1. The lowest BCUT2D eigenvalue weighted by atomic mass is 10.2. The molecule has 0 fully saturated rings. The summed E-state index contributed by atoms with van der Waals surface area (Å²) in [5, 5.41) is 8.37. The number of benzene rings is 2. The largest absolute Gasteiger partial charge is 0.297 e. The number of para-hydroxylation sites is 1. The van der Waals surface area contributed by atoms with Gasteiger partial charge < -0.3 is 0 Å². The maximum Gasteiger partial charge on any atom is 0.297 e. The Bertz CT molecular complexity index is 737. The number of fused-ring (bicyclic) bond motifs is 1. The predicted molar refractivity (Wildman–Crippen MR) is 69.3 cm³/mol. The quantitative estimate of drug-likeness (QED) is 0.737. The molecule has 0 bridgehead atoms. The van der Waals surface area contributed by atoms with E-state index in [0.717, 1.165) is 10.5 Å². The molecule has 5 nitrogen and oxygen atoms in total. The molecular formula is C13H10N4O.